The minimum Gasteiger partial charge on any atom is -0.481 e. The molecule has 0 aromatic rings. The first kappa shape index (κ1) is 31.7. The summed E-state index contributed by atoms with van der Waals surface area (Å²) in [6, 6.07) is -0.944. The number of carbonyl (C=O) groups excluding carboxylic acids is 5. The molecule has 1 rings (SSSR count). The van der Waals surface area contributed by atoms with Crippen LogP contribution in [0.1, 0.15) is 86.0 Å². The fourth-order valence-electron chi connectivity index (χ4n) is 3.05. The van der Waals surface area contributed by atoms with Crippen LogP contribution >= 0.6 is 0 Å². The van der Waals surface area contributed by atoms with Gasteiger partial charge in [0.2, 0.25) is 5.91 Å². The highest BCUT2D eigenvalue weighted by Gasteiger charge is 2.24. The highest BCUT2D eigenvalue weighted by molar-refractivity contribution is 6.12. The number of ketones is 1. The minimum atomic E-state index is -1.07. The average Bonchev–Trinajstić information content (AvgIpc) is 3.11. The second-order valence-corrected chi connectivity index (χ2v) is 8.38. The molecule has 0 saturated carbocycles. The maximum Gasteiger partial charge on any atom is 0.303 e. The monoisotopic (exact) mass is 493 g/mol. The van der Waals surface area contributed by atoms with Crippen molar-refractivity contribution in [3.63, 3.8) is 0 Å². The predicted octanol–water partition coefficient (Wildman–Crippen LogP) is 2.63. The summed E-state index contributed by atoms with van der Waals surface area (Å²) in [5.41, 5.74) is 0.564. The molecular formula is C25H39N3O7. The number of Topliss-reactive ketones (excluding diaryl/α,β-unsaturated/α-hetero) is 1. The van der Waals surface area contributed by atoms with E-state index in [0.717, 1.165) is 4.90 Å². The van der Waals surface area contributed by atoms with Gasteiger partial charge in [0.1, 0.15) is 5.70 Å². The van der Waals surface area contributed by atoms with Gasteiger partial charge in [-0.3, -0.25) is 33.7 Å². The van der Waals surface area contributed by atoms with E-state index in [-0.39, 0.29) is 61.4 Å². The summed E-state index contributed by atoms with van der Waals surface area (Å²) >= 11 is 0. The summed E-state index contributed by atoms with van der Waals surface area (Å²) in [5, 5.41) is 13.9. The normalized spacial score (nSPS) is 13.0. The minimum absolute atomic E-state index is 0.0264. The van der Waals surface area contributed by atoms with E-state index >= 15 is 0 Å². The van der Waals surface area contributed by atoms with Crippen LogP contribution in [0.3, 0.4) is 0 Å². The standard InChI is InChI=1S/C22H31N3O7.C3H8/c1-4-16(26)15(9-12-20(30)31)23-22(32)21(14(2)3)24-17(27)8-6-5-7-13-25-18(28)10-11-19(25)29;1-3-2/h10-11,15H,4-9,12-13H2,1-3H3,(H,23,32)(H,24,27)(H,30,31);3H2,1-2H3/t15-;/m0./s1. The molecule has 0 aromatic heterocycles. The molecule has 1 aliphatic heterocycles. The van der Waals surface area contributed by atoms with E-state index < -0.39 is 17.9 Å². The van der Waals surface area contributed by atoms with Gasteiger partial charge in [0.05, 0.1) is 6.04 Å². The van der Waals surface area contributed by atoms with E-state index in [0.29, 0.717) is 24.8 Å². The largest absolute Gasteiger partial charge is 0.481 e. The highest BCUT2D eigenvalue weighted by atomic mass is 16.4. The van der Waals surface area contributed by atoms with Crippen LogP contribution in [0.25, 0.3) is 0 Å². The van der Waals surface area contributed by atoms with Crippen LogP contribution in [-0.2, 0) is 28.8 Å². The lowest BCUT2D eigenvalue weighted by molar-refractivity contribution is -0.138. The molecule has 10 nitrogen and oxygen atoms in total. The van der Waals surface area contributed by atoms with Gasteiger partial charge in [-0.05, 0) is 38.7 Å². The maximum absolute atomic E-state index is 12.6. The van der Waals surface area contributed by atoms with E-state index in [9.17, 15) is 28.8 Å². The third kappa shape index (κ3) is 12.7. The molecule has 1 atom stereocenters. The van der Waals surface area contributed by atoms with Gasteiger partial charge in [0, 0.05) is 38.0 Å². The fourth-order valence-corrected chi connectivity index (χ4v) is 3.05. The quantitative estimate of drug-likeness (QED) is 0.191. The molecule has 196 valence electrons. The van der Waals surface area contributed by atoms with E-state index in [1.165, 1.54) is 18.6 Å². The van der Waals surface area contributed by atoms with Gasteiger partial charge in [-0.1, -0.05) is 33.6 Å². The molecule has 4 amide bonds. The molecule has 0 radical (unpaired) electrons. The van der Waals surface area contributed by atoms with Crippen LogP contribution < -0.4 is 10.6 Å². The van der Waals surface area contributed by atoms with Crippen LogP contribution in [0, 0.1) is 0 Å². The third-order valence-corrected chi connectivity index (χ3v) is 4.87. The molecule has 0 saturated heterocycles. The lowest BCUT2D eigenvalue weighted by Gasteiger charge is -2.19. The number of amides is 4. The Morgan fingerprint density at radius 1 is 0.943 bits per heavy atom. The van der Waals surface area contributed by atoms with Crippen molar-refractivity contribution in [2.24, 2.45) is 0 Å². The van der Waals surface area contributed by atoms with Gasteiger partial charge in [-0.2, -0.15) is 0 Å². The molecule has 0 aliphatic carbocycles. The number of carboxylic acids is 1. The van der Waals surface area contributed by atoms with Crippen LogP contribution in [0.2, 0.25) is 0 Å². The Bertz CT molecular complexity index is 824. The molecule has 35 heavy (non-hydrogen) atoms. The van der Waals surface area contributed by atoms with Crippen LogP contribution in [0.5, 0.6) is 0 Å². The van der Waals surface area contributed by atoms with Crippen molar-refractivity contribution in [3.05, 3.63) is 23.4 Å². The Hall–Kier alpha value is -3.30. The van der Waals surface area contributed by atoms with E-state index in [1.807, 2.05) is 0 Å². The summed E-state index contributed by atoms with van der Waals surface area (Å²) in [6.45, 7) is 9.44. The van der Waals surface area contributed by atoms with Gasteiger partial charge in [-0.15, -0.1) is 0 Å². The zero-order chi connectivity index (χ0) is 27.0. The van der Waals surface area contributed by atoms with E-state index in [1.54, 1.807) is 20.8 Å². The Labute approximate surface area is 207 Å². The summed E-state index contributed by atoms with van der Waals surface area (Å²) in [6.07, 6.45) is 5.36. The second kappa shape index (κ2) is 17.2. The maximum atomic E-state index is 12.6. The van der Waals surface area contributed by atoms with Crippen molar-refractivity contribution in [1.29, 1.82) is 0 Å². The summed E-state index contributed by atoms with van der Waals surface area (Å²) in [7, 11) is 0. The Morgan fingerprint density at radius 3 is 2.00 bits per heavy atom. The number of nitrogens with one attached hydrogen (secondary N) is 2. The molecular weight excluding hydrogens is 454 g/mol. The topological polar surface area (TPSA) is 150 Å². The Balaban J connectivity index is 0.00000365. The van der Waals surface area contributed by atoms with Crippen molar-refractivity contribution in [2.75, 3.05) is 6.54 Å². The number of nitrogens with zero attached hydrogens (tertiary/aromatic N) is 1. The number of carbonyl (C=O) groups is 6. The molecule has 0 fully saturated rings. The average molecular weight is 494 g/mol. The lowest BCUT2D eigenvalue weighted by Crippen LogP contribution is -2.44. The Kier molecular flexibility index (Phi) is 15.6. The van der Waals surface area contributed by atoms with Gasteiger partial charge < -0.3 is 15.7 Å². The van der Waals surface area contributed by atoms with E-state index in [2.05, 4.69) is 24.5 Å². The van der Waals surface area contributed by atoms with E-state index in [4.69, 9.17) is 5.11 Å². The van der Waals surface area contributed by atoms with Crippen molar-refractivity contribution in [1.82, 2.24) is 15.5 Å². The van der Waals surface area contributed by atoms with Crippen molar-refractivity contribution < 1.29 is 33.9 Å². The number of rotatable bonds is 14. The van der Waals surface area contributed by atoms with Crippen LogP contribution in [-0.4, -0.2) is 58.0 Å². The molecule has 0 bridgehead atoms. The predicted molar refractivity (Wildman–Crippen MR) is 131 cm³/mol. The zero-order valence-electron chi connectivity index (χ0n) is 21.4. The summed E-state index contributed by atoms with van der Waals surface area (Å²) < 4.78 is 0. The number of hydrogen-bond donors (Lipinski definition) is 3. The van der Waals surface area contributed by atoms with Gasteiger partial charge in [-0.25, -0.2) is 0 Å². The first-order valence-corrected chi connectivity index (χ1v) is 12.0. The number of imide groups is 1. The second-order valence-electron chi connectivity index (χ2n) is 8.38. The van der Waals surface area contributed by atoms with Crippen molar-refractivity contribution in [2.45, 2.75) is 92.0 Å². The molecule has 0 aromatic carbocycles. The highest BCUT2D eigenvalue weighted by Crippen LogP contribution is 2.09. The third-order valence-electron chi connectivity index (χ3n) is 4.87. The van der Waals surface area contributed by atoms with Gasteiger partial charge in [0.25, 0.3) is 17.7 Å². The Morgan fingerprint density at radius 2 is 1.51 bits per heavy atom. The van der Waals surface area contributed by atoms with Crippen LogP contribution in [0.4, 0.5) is 0 Å². The zero-order valence-corrected chi connectivity index (χ0v) is 21.4. The number of aliphatic carboxylic acids is 1. The molecule has 1 heterocycles. The first-order valence-electron chi connectivity index (χ1n) is 12.0. The number of carboxylic acid groups (broad SMARTS) is 1. The van der Waals surface area contributed by atoms with Crippen molar-refractivity contribution in [3.8, 4) is 0 Å². The molecule has 10 heteroatoms. The van der Waals surface area contributed by atoms with Crippen molar-refractivity contribution >= 4 is 35.4 Å². The molecule has 0 unspecified atom stereocenters. The lowest BCUT2D eigenvalue weighted by atomic mass is 10.0. The molecule has 0 spiro atoms. The van der Waals surface area contributed by atoms with Crippen LogP contribution in [0.15, 0.2) is 23.4 Å². The van der Waals surface area contributed by atoms with Gasteiger partial charge in [0.15, 0.2) is 5.78 Å². The molecule has 3 N–H and O–H groups in total. The summed E-state index contributed by atoms with van der Waals surface area (Å²) in [5.74, 6) is -3.06. The number of hydrogen-bond acceptors (Lipinski definition) is 6. The van der Waals surface area contributed by atoms with Gasteiger partial charge >= 0.3 is 5.97 Å². The summed E-state index contributed by atoms with van der Waals surface area (Å²) in [4.78, 5) is 71.9. The molecule has 1 aliphatic rings. The number of unbranched alkanes of at least 4 members (excludes halogenated alkanes) is 2. The first-order chi connectivity index (χ1) is 16.5. The fraction of sp³-hybridized carbons (Fsp3) is 0.600. The SMILES string of the molecule is CCC.CCC(=O)[C@H](CCC(=O)O)NC(=O)C(NC(=O)CCCCCN1C(=O)C=CC1=O)=C(C)C. The number of allylic oxidation sites excluding steroid dienone is 1. The smallest absolute Gasteiger partial charge is 0.303 e.